The zero-order valence-electron chi connectivity index (χ0n) is 8.79. The SMILES string of the molecule is CC(C)c1cccc2c1SCC[C@H]2N. The van der Waals surface area contributed by atoms with E-state index in [4.69, 9.17) is 5.73 Å². The van der Waals surface area contributed by atoms with Crippen LogP contribution < -0.4 is 5.73 Å². The van der Waals surface area contributed by atoms with E-state index < -0.39 is 0 Å². The number of hydrogen-bond donors (Lipinski definition) is 1. The van der Waals surface area contributed by atoms with E-state index in [1.165, 1.54) is 16.0 Å². The molecule has 1 aromatic carbocycles. The van der Waals surface area contributed by atoms with Crippen LogP contribution in [0.4, 0.5) is 0 Å². The Labute approximate surface area is 90.1 Å². The van der Waals surface area contributed by atoms with Gasteiger partial charge in [0, 0.05) is 10.9 Å². The van der Waals surface area contributed by atoms with E-state index in [1.807, 2.05) is 11.8 Å². The molecule has 0 saturated carbocycles. The molecule has 1 heterocycles. The third-order valence-electron chi connectivity index (χ3n) is 2.77. The Morgan fingerprint density at radius 2 is 2.21 bits per heavy atom. The Hall–Kier alpha value is -0.470. The largest absolute Gasteiger partial charge is 0.324 e. The Balaban J connectivity index is 2.49. The molecule has 2 rings (SSSR count). The number of rotatable bonds is 1. The maximum Gasteiger partial charge on any atom is 0.0314 e. The fourth-order valence-corrected chi connectivity index (χ4v) is 3.36. The summed E-state index contributed by atoms with van der Waals surface area (Å²) < 4.78 is 0. The lowest BCUT2D eigenvalue weighted by Gasteiger charge is -2.25. The Bertz CT molecular complexity index is 319. The maximum absolute atomic E-state index is 6.10. The fraction of sp³-hybridized carbons (Fsp3) is 0.500. The van der Waals surface area contributed by atoms with Crippen LogP contribution in [0.25, 0.3) is 0 Å². The van der Waals surface area contributed by atoms with Crippen LogP contribution in [0, 0.1) is 0 Å². The first kappa shape index (κ1) is 10.1. The molecule has 1 aromatic rings. The minimum atomic E-state index is 0.255. The summed E-state index contributed by atoms with van der Waals surface area (Å²) in [5.41, 5.74) is 8.92. The summed E-state index contributed by atoms with van der Waals surface area (Å²) in [6.45, 7) is 4.49. The van der Waals surface area contributed by atoms with Gasteiger partial charge in [-0.1, -0.05) is 32.0 Å². The van der Waals surface area contributed by atoms with Gasteiger partial charge in [0.2, 0.25) is 0 Å². The lowest BCUT2D eigenvalue weighted by atomic mass is 9.96. The maximum atomic E-state index is 6.10. The molecule has 2 heteroatoms. The average molecular weight is 207 g/mol. The molecule has 1 atom stereocenters. The van der Waals surface area contributed by atoms with Crippen LogP contribution in [0.5, 0.6) is 0 Å². The van der Waals surface area contributed by atoms with Crippen LogP contribution in [0.15, 0.2) is 23.1 Å². The van der Waals surface area contributed by atoms with Crippen molar-refractivity contribution in [1.29, 1.82) is 0 Å². The van der Waals surface area contributed by atoms with Gasteiger partial charge in [0.15, 0.2) is 0 Å². The predicted molar refractivity (Wildman–Crippen MR) is 62.8 cm³/mol. The third kappa shape index (κ3) is 1.69. The molecule has 2 N–H and O–H groups in total. The molecular weight excluding hydrogens is 190 g/mol. The summed E-state index contributed by atoms with van der Waals surface area (Å²) >= 11 is 1.97. The highest BCUT2D eigenvalue weighted by Crippen LogP contribution is 2.39. The Morgan fingerprint density at radius 1 is 1.43 bits per heavy atom. The van der Waals surface area contributed by atoms with E-state index in [2.05, 4.69) is 32.0 Å². The molecule has 0 bridgehead atoms. The molecule has 76 valence electrons. The van der Waals surface area contributed by atoms with E-state index in [0.29, 0.717) is 5.92 Å². The summed E-state index contributed by atoms with van der Waals surface area (Å²) in [5, 5.41) is 0. The molecule has 1 nitrogen and oxygen atoms in total. The topological polar surface area (TPSA) is 26.0 Å². The van der Waals surface area contributed by atoms with E-state index >= 15 is 0 Å². The van der Waals surface area contributed by atoms with Crippen molar-refractivity contribution in [1.82, 2.24) is 0 Å². The van der Waals surface area contributed by atoms with Crippen LogP contribution >= 0.6 is 11.8 Å². The molecule has 0 saturated heterocycles. The standard InChI is InChI=1S/C12H17NS/c1-8(2)9-4-3-5-10-11(13)6-7-14-12(9)10/h3-5,8,11H,6-7,13H2,1-2H3/t11-/m1/s1. The van der Waals surface area contributed by atoms with Gasteiger partial charge in [-0.05, 0) is 29.2 Å². The number of thioether (sulfide) groups is 1. The molecule has 0 aromatic heterocycles. The molecule has 0 unspecified atom stereocenters. The quantitative estimate of drug-likeness (QED) is 0.764. The van der Waals surface area contributed by atoms with Crippen LogP contribution in [-0.2, 0) is 0 Å². The first-order chi connectivity index (χ1) is 6.70. The molecule has 0 amide bonds. The summed E-state index contributed by atoms with van der Waals surface area (Å²) in [6.07, 6.45) is 1.11. The molecular formula is C12H17NS. The van der Waals surface area contributed by atoms with Gasteiger partial charge < -0.3 is 5.73 Å². The van der Waals surface area contributed by atoms with Gasteiger partial charge in [0.05, 0.1) is 0 Å². The van der Waals surface area contributed by atoms with Gasteiger partial charge in [0.1, 0.15) is 0 Å². The van der Waals surface area contributed by atoms with Crippen LogP contribution in [-0.4, -0.2) is 5.75 Å². The van der Waals surface area contributed by atoms with Crippen molar-refractivity contribution >= 4 is 11.8 Å². The molecule has 1 aliphatic rings. The van der Waals surface area contributed by atoms with Gasteiger partial charge in [0.25, 0.3) is 0 Å². The molecule has 14 heavy (non-hydrogen) atoms. The van der Waals surface area contributed by atoms with E-state index in [1.54, 1.807) is 0 Å². The fourth-order valence-electron chi connectivity index (χ4n) is 1.93. The minimum Gasteiger partial charge on any atom is -0.324 e. The number of nitrogens with two attached hydrogens (primary N) is 1. The third-order valence-corrected chi connectivity index (χ3v) is 3.97. The van der Waals surface area contributed by atoms with E-state index in [-0.39, 0.29) is 6.04 Å². The highest BCUT2D eigenvalue weighted by atomic mass is 32.2. The molecule has 0 aliphatic carbocycles. The van der Waals surface area contributed by atoms with Gasteiger partial charge in [-0.2, -0.15) is 0 Å². The summed E-state index contributed by atoms with van der Waals surface area (Å²) in [5.74, 6) is 1.76. The van der Waals surface area contributed by atoms with Gasteiger partial charge >= 0.3 is 0 Å². The molecule has 1 aliphatic heterocycles. The first-order valence-electron chi connectivity index (χ1n) is 5.21. The second-order valence-electron chi connectivity index (χ2n) is 4.16. The highest BCUT2D eigenvalue weighted by Gasteiger charge is 2.20. The summed E-state index contributed by atoms with van der Waals surface area (Å²) in [6, 6.07) is 6.80. The van der Waals surface area contributed by atoms with Gasteiger partial charge in [-0.25, -0.2) is 0 Å². The van der Waals surface area contributed by atoms with Crippen molar-refractivity contribution in [2.45, 2.75) is 37.1 Å². The van der Waals surface area contributed by atoms with Crippen molar-refractivity contribution in [2.75, 3.05) is 5.75 Å². The molecule has 0 radical (unpaired) electrons. The van der Waals surface area contributed by atoms with Gasteiger partial charge in [-0.3, -0.25) is 0 Å². The zero-order chi connectivity index (χ0) is 10.1. The van der Waals surface area contributed by atoms with Crippen LogP contribution in [0.1, 0.15) is 43.4 Å². The van der Waals surface area contributed by atoms with Crippen LogP contribution in [0.3, 0.4) is 0 Å². The summed E-state index contributed by atoms with van der Waals surface area (Å²) in [7, 11) is 0. The normalized spacial score (nSPS) is 21.0. The highest BCUT2D eigenvalue weighted by molar-refractivity contribution is 7.99. The van der Waals surface area contributed by atoms with Gasteiger partial charge in [-0.15, -0.1) is 11.8 Å². The molecule has 0 spiro atoms. The van der Waals surface area contributed by atoms with Crippen molar-refractivity contribution in [2.24, 2.45) is 5.73 Å². The zero-order valence-corrected chi connectivity index (χ0v) is 9.60. The first-order valence-corrected chi connectivity index (χ1v) is 6.20. The smallest absolute Gasteiger partial charge is 0.0314 e. The van der Waals surface area contributed by atoms with Crippen molar-refractivity contribution < 1.29 is 0 Å². The van der Waals surface area contributed by atoms with Crippen molar-refractivity contribution in [3.63, 3.8) is 0 Å². The Morgan fingerprint density at radius 3 is 2.93 bits per heavy atom. The lowest BCUT2D eigenvalue weighted by molar-refractivity contribution is 0.671. The summed E-state index contributed by atoms with van der Waals surface area (Å²) in [4.78, 5) is 1.45. The minimum absolute atomic E-state index is 0.255. The Kier molecular flexibility index (Phi) is 2.84. The molecule has 0 fully saturated rings. The van der Waals surface area contributed by atoms with E-state index in [0.717, 1.165) is 12.2 Å². The lowest BCUT2D eigenvalue weighted by Crippen LogP contribution is -2.17. The van der Waals surface area contributed by atoms with Crippen LogP contribution in [0.2, 0.25) is 0 Å². The number of benzene rings is 1. The second-order valence-corrected chi connectivity index (χ2v) is 5.27. The van der Waals surface area contributed by atoms with Crippen molar-refractivity contribution in [3.05, 3.63) is 29.3 Å². The second kappa shape index (κ2) is 3.95. The average Bonchev–Trinajstić information content (AvgIpc) is 2.17. The predicted octanol–water partition coefficient (Wildman–Crippen LogP) is 3.31. The number of hydrogen-bond acceptors (Lipinski definition) is 2. The van der Waals surface area contributed by atoms with E-state index in [9.17, 15) is 0 Å². The monoisotopic (exact) mass is 207 g/mol. The number of fused-ring (bicyclic) bond motifs is 1. The van der Waals surface area contributed by atoms with Crippen molar-refractivity contribution in [3.8, 4) is 0 Å².